The fourth-order valence-corrected chi connectivity index (χ4v) is 2.34. The molecule has 0 saturated heterocycles. The van der Waals surface area contributed by atoms with Crippen molar-refractivity contribution in [2.75, 3.05) is 19.4 Å². The van der Waals surface area contributed by atoms with Crippen LogP contribution >= 0.6 is 0 Å². The lowest BCUT2D eigenvalue weighted by Crippen LogP contribution is -2.33. The number of hydrogen-bond acceptors (Lipinski definition) is 4. The maximum Gasteiger partial charge on any atom is 0.340 e. The number of benzene rings is 2. The molecule has 0 saturated carbocycles. The van der Waals surface area contributed by atoms with Crippen molar-refractivity contribution in [3.8, 4) is 0 Å². The zero-order valence-corrected chi connectivity index (χ0v) is 14.2. The maximum absolute atomic E-state index is 12.3. The molecule has 2 aromatic rings. The van der Waals surface area contributed by atoms with Crippen LogP contribution in [0.5, 0.6) is 0 Å². The maximum atomic E-state index is 12.3. The lowest BCUT2D eigenvalue weighted by Gasteiger charge is -2.25. The summed E-state index contributed by atoms with van der Waals surface area (Å²) < 4.78 is 5.12. The van der Waals surface area contributed by atoms with Crippen LogP contribution in [0.4, 0.5) is 5.69 Å². The topological polar surface area (TPSA) is 72.6 Å². The van der Waals surface area contributed by atoms with E-state index in [1.165, 1.54) is 0 Å². The average molecular weight is 326 g/mol. The quantitative estimate of drug-likeness (QED) is 0.677. The number of para-hydroxylation sites is 1. The Labute approximate surface area is 142 Å². The molecule has 0 bridgehead atoms. The lowest BCUT2D eigenvalue weighted by molar-refractivity contribution is -0.135. The van der Waals surface area contributed by atoms with Gasteiger partial charge in [0.15, 0.2) is 6.61 Å². The first kappa shape index (κ1) is 17.5. The van der Waals surface area contributed by atoms with Gasteiger partial charge in [0.05, 0.1) is 11.6 Å². The second-order valence-electron chi connectivity index (χ2n) is 5.70. The minimum Gasteiger partial charge on any atom is -0.452 e. The van der Waals surface area contributed by atoms with Crippen molar-refractivity contribution in [3.05, 3.63) is 65.2 Å². The smallest absolute Gasteiger partial charge is 0.340 e. The van der Waals surface area contributed by atoms with E-state index in [-0.39, 0.29) is 24.1 Å². The van der Waals surface area contributed by atoms with Gasteiger partial charge in [0, 0.05) is 12.7 Å². The van der Waals surface area contributed by atoms with E-state index in [0.717, 1.165) is 11.1 Å². The molecule has 0 fully saturated rings. The predicted octanol–water partition coefficient (Wildman–Crippen LogP) is 2.95. The van der Waals surface area contributed by atoms with E-state index >= 15 is 0 Å². The molecule has 126 valence electrons. The van der Waals surface area contributed by atoms with Gasteiger partial charge in [-0.25, -0.2) is 4.79 Å². The highest BCUT2D eigenvalue weighted by atomic mass is 16.5. The molecule has 2 N–H and O–H groups in total. The monoisotopic (exact) mass is 326 g/mol. The van der Waals surface area contributed by atoms with E-state index in [1.54, 1.807) is 24.1 Å². The van der Waals surface area contributed by atoms with Gasteiger partial charge in [-0.1, -0.05) is 42.5 Å². The van der Waals surface area contributed by atoms with Crippen LogP contribution in [-0.2, 0) is 9.53 Å². The summed E-state index contributed by atoms with van der Waals surface area (Å²) >= 11 is 0. The third-order valence-electron chi connectivity index (χ3n) is 4.13. The minimum atomic E-state index is -0.592. The first-order chi connectivity index (χ1) is 11.4. The summed E-state index contributed by atoms with van der Waals surface area (Å²) in [6.07, 6.45) is 0. The Bertz CT molecular complexity index is 729. The Hall–Kier alpha value is -2.82. The van der Waals surface area contributed by atoms with Crippen LogP contribution in [-0.4, -0.2) is 30.4 Å². The molecule has 0 spiro atoms. The summed E-state index contributed by atoms with van der Waals surface area (Å²) in [5.74, 6) is -0.865. The van der Waals surface area contributed by atoms with Gasteiger partial charge >= 0.3 is 5.97 Å². The number of carbonyl (C=O) groups is 2. The third kappa shape index (κ3) is 3.93. The lowest BCUT2D eigenvalue weighted by atomic mass is 10.1. The summed E-state index contributed by atoms with van der Waals surface area (Å²) in [5.41, 5.74) is 8.35. The molecule has 5 heteroatoms. The number of anilines is 1. The van der Waals surface area contributed by atoms with E-state index < -0.39 is 5.97 Å². The average Bonchev–Trinajstić information content (AvgIpc) is 2.61. The number of likely N-dealkylation sites (N-methyl/N-ethyl adjacent to an activating group) is 1. The van der Waals surface area contributed by atoms with Crippen molar-refractivity contribution in [2.24, 2.45) is 0 Å². The van der Waals surface area contributed by atoms with Gasteiger partial charge in [0.1, 0.15) is 0 Å². The number of ether oxygens (including phenoxy) is 1. The SMILES string of the molecule is Cc1cccc(C(=O)OCC(=O)N(C)[C@H](C)c2ccccc2)c1N. The number of carbonyl (C=O) groups excluding carboxylic acids is 2. The molecular formula is C19H22N2O3. The second kappa shape index (κ2) is 7.64. The zero-order valence-electron chi connectivity index (χ0n) is 14.2. The van der Waals surface area contributed by atoms with Crippen LogP contribution in [0.2, 0.25) is 0 Å². The van der Waals surface area contributed by atoms with E-state index in [2.05, 4.69) is 0 Å². The molecule has 1 atom stereocenters. The third-order valence-corrected chi connectivity index (χ3v) is 4.13. The molecule has 2 aromatic carbocycles. The number of nitrogens with zero attached hydrogens (tertiary/aromatic N) is 1. The number of nitrogens with two attached hydrogens (primary N) is 1. The molecule has 24 heavy (non-hydrogen) atoms. The highest BCUT2D eigenvalue weighted by molar-refractivity contribution is 5.96. The molecule has 0 aliphatic rings. The van der Waals surface area contributed by atoms with Gasteiger partial charge in [0.2, 0.25) is 0 Å². The van der Waals surface area contributed by atoms with Crippen LogP contribution < -0.4 is 5.73 Å². The van der Waals surface area contributed by atoms with Crippen LogP contribution in [0.3, 0.4) is 0 Å². The summed E-state index contributed by atoms with van der Waals surface area (Å²) in [6.45, 7) is 3.42. The molecule has 0 aromatic heterocycles. The number of rotatable bonds is 5. The molecule has 0 aliphatic carbocycles. The van der Waals surface area contributed by atoms with E-state index in [0.29, 0.717) is 5.69 Å². The van der Waals surface area contributed by atoms with Crippen molar-refractivity contribution in [1.82, 2.24) is 4.90 Å². The largest absolute Gasteiger partial charge is 0.452 e. The van der Waals surface area contributed by atoms with Crippen molar-refractivity contribution in [3.63, 3.8) is 0 Å². The van der Waals surface area contributed by atoms with Crippen LogP contribution in [0, 0.1) is 6.92 Å². The predicted molar refractivity (Wildman–Crippen MR) is 93.5 cm³/mol. The number of aryl methyl sites for hydroxylation is 1. The first-order valence-electron chi connectivity index (χ1n) is 7.74. The highest BCUT2D eigenvalue weighted by Gasteiger charge is 2.20. The Kier molecular flexibility index (Phi) is 5.58. The Balaban J connectivity index is 1.97. The van der Waals surface area contributed by atoms with Gasteiger partial charge in [-0.2, -0.15) is 0 Å². The van der Waals surface area contributed by atoms with Crippen molar-refractivity contribution in [1.29, 1.82) is 0 Å². The molecule has 0 aliphatic heterocycles. The van der Waals surface area contributed by atoms with Gasteiger partial charge in [-0.3, -0.25) is 4.79 Å². The second-order valence-corrected chi connectivity index (χ2v) is 5.70. The first-order valence-corrected chi connectivity index (χ1v) is 7.74. The Morgan fingerprint density at radius 3 is 2.46 bits per heavy atom. The van der Waals surface area contributed by atoms with Crippen LogP contribution in [0.1, 0.15) is 34.5 Å². The Morgan fingerprint density at radius 1 is 1.12 bits per heavy atom. The molecule has 1 amide bonds. The molecular weight excluding hydrogens is 304 g/mol. The van der Waals surface area contributed by atoms with Crippen LogP contribution in [0.25, 0.3) is 0 Å². The fourth-order valence-electron chi connectivity index (χ4n) is 2.34. The van der Waals surface area contributed by atoms with Crippen molar-refractivity contribution in [2.45, 2.75) is 19.9 Å². The number of nitrogen functional groups attached to an aromatic ring is 1. The van der Waals surface area contributed by atoms with Crippen molar-refractivity contribution >= 4 is 17.6 Å². The van der Waals surface area contributed by atoms with Gasteiger partial charge < -0.3 is 15.4 Å². The van der Waals surface area contributed by atoms with E-state index in [1.807, 2.05) is 50.2 Å². The molecule has 0 unspecified atom stereocenters. The van der Waals surface area contributed by atoms with E-state index in [9.17, 15) is 9.59 Å². The summed E-state index contributed by atoms with van der Waals surface area (Å²) in [6, 6.07) is 14.7. The fraction of sp³-hybridized carbons (Fsp3) is 0.263. The normalized spacial score (nSPS) is 11.6. The molecule has 0 radical (unpaired) electrons. The van der Waals surface area contributed by atoms with E-state index in [4.69, 9.17) is 10.5 Å². The van der Waals surface area contributed by atoms with Gasteiger partial charge in [-0.05, 0) is 31.0 Å². The summed E-state index contributed by atoms with van der Waals surface area (Å²) in [4.78, 5) is 25.9. The molecule has 5 nitrogen and oxygen atoms in total. The standard InChI is InChI=1S/C19H22N2O3/c1-13-8-7-11-16(18(13)20)19(23)24-12-17(22)21(3)14(2)15-9-5-4-6-10-15/h4-11,14H,12,20H2,1-3H3/t14-/m1/s1. The molecule has 2 rings (SSSR count). The Morgan fingerprint density at radius 2 is 1.79 bits per heavy atom. The molecule has 0 heterocycles. The van der Waals surface area contributed by atoms with Crippen molar-refractivity contribution < 1.29 is 14.3 Å². The zero-order chi connectivity index (χ0) is 17.7. The number of hydrogen-bond donors (Lipinski definition) is 1. The van der Waals surface area contributed by atoms with Gasteiger partial charge in [-0.15, -0.1) is 0 Å². The summed E-state index contributed by atoms with van der Waals surface area (Å²) in [5, 5.41) is 0. The summed E-state index contributed by atoms with van der Waals surface area (Å²) in [7, 11) is 1.69. The number of amides is 1. The minimum absolute atomic E-state index is 0.110. The highest BCUT2D eigenvalue weighted by Crippen LogP contribution is 2.19. The number of esters is 1. The van der Waals surface area contributed by atoms with Crippen LogP contribution in [0.15, 0.2) is 48.5 Å². The van der Waals surface area contributed by atoms with Gasteiger partial charge in [0.25, 0.3) is 5.91 Å².